The number of aliphatic hydroxyl groups is 1. The standard InChI is InChI=1S/C6H6GeO2/c8-5-7-4-2-1-3-6(7)9/h1-5,9H. The summed E-state index contributed by atoms with van der Waals surface area (Å²) in [5.74, 6) is 0. The first-order chi connectivity index (χ1) is 4.34. The van der Waals surface area contributed by atoms with Gasteiger partial charge in [0, 0.05) is 0 Å². The second kappa shape index (κ2) is 2.78. The van der Waals surface area contributed by atoms with Gasteiger partial charge in [-0.3, -0.25) is 0 Å². The molecule has 0 atom stereocenters. The van der Waals surface area contributed by atoms with Crippen LogP contribution in [0.2, 0.25) is 0 Å². The van der Waals surface area contributed by atoms with Crippen molar-refractivity contribution in [3.8, 4) is 0 Å². The molecular weight excluding hydrogens is 177 g/mol. The van der Waals surface area contributed by atoms with E-state index in [1.165, 1.54) is 0 Å². The van der Waals surface area contributed by atoms with Crippen LogP contribution in [0.15, 0.2) is 23.1 Å². The van der Waals surface area contributed by atoms with E-state index in [4.69, 9.17) is 5.11 Å². The number of allylic oxidation sites excluding steroid dienone is 2. The molecule has 46 valence electrons. The number of rotatable bonds is 1. The fourth-order valence-electron chi connectivity index (χ4n) is 0.587. The van der Waals surface area contributed by atoms with Crippen molar-refractivity contribution in [1.29, 1.82) is 0 Å². The van der Waals surface area contributed by atoms with Crippen LogP contribution in [0, 0.1) is 0 Å². The van der Waals surface area contributed by atoms with E-state index < -0.39 is 13.9 Å². The maximum atomic E-state index is 10.2. The second-order valence-corrected chi connectivity index (χ2v) is 5.86. The van der Waals surface area contributed by atoms with Crippen LogP contribution in [0.1, 0.15) is 0 Å². The molecule has 0 aromatic rings. The normalized spacial score (nSPS) is 16.4. The van der Waals surface area contributed by atoms with Gasteiger partial charge < -0.3 is 0 Å². The third kappa shape index (κ3) is 1.39. The Kier molecular flexibility index (Phi) is 2.00. The van der Waals surface area contributed by atoms with Crippen molar-refractivity contribution in [2.24, 2.45) is 0 Å². The van der Waals surface area contributed by atoms with Crippen LogP contribution >= 0.6 is 0 Å². The molecule has 0 amide bonds. The summed E-state index contributed by atoms with van der Waals surface area (Å²) in [6, 6.07) is 0. The number of carbonyl (C=O) groups excluding carboxylic acids is 1. The SMILES string of the molecule is O=[CH][Ge]1=[C](O)C=CC=[CH]1. The van der Waals surface area contributed by atoms with Crippen molar-refractivity contribution in [1.82, 2.24) is 0 Å². The Labute approximate surface area is 57.1 Å². The van der Waals surface area contributed by atoms with Gasteiger partial charge in [-0.15, -0.1) is 0 Å². The minimum absolute atomic E-state index is 0.285. The van der Waals surface area contributed by atoms with E-state index in [9.17, 15) is 4.79 Å². The summed E-state index contributed by atoms with van der Waals surface area (Å²) < 4.78 is 0.285. The van der Waals surface area contributed by atoms with Crippen LogP contribution in [-0.4, -0.2) is 28.7 Å². The molecule has 1 heterocycles. The van der Waals surface area contributed by atoms with E-state index in [0.717, 1.165) is 5.12 Å². The molecule has 1 N–H and O–H groups in total. The average molecular weight is 183 g/mol. The van der Waals surface area contributed by atoms with E-state index in [1.807, 2.05) is 11.0 Å². The first-order valence-electron chi connectivity index (χ1n) is 2.58. The van der Waals surface area contributed by atoms with Gasteiger partial charge >= 0.3 is 56.6 Å². The molecule has 1 aliphatic rings. The van der Waals surface area contributed by atoms with Gasteiger partial charge in [-0.1, -0.05) is 0 Å². The summed E-state index contributed by atoms with van der Waals surface area (Å²) in [5.41, 5.74) is 0. The molecule has 0 aliphatic carbocycles. The fourth-order valence-corrected chi connectivity index (χ4v) is 2.64. The zero-order chi connectivity index (χ0) is 6.69. The monoisotopic (exact) mass is 184 g/mol. The third-order valence-corrected chi connectivity index (χ3v) is 4.34. The van der Waals surface area contributed by atoms with Gasteiger partial charge in [0.15, 0.2) is 0 Å². The summed E-state index contributed by atoms with van der Waals surface area (Å²) in [6.07, 6.45) is 5.13. The van der Waals surface area contributed by atoms with Gasteiger partial charge in [0.25, 0.3) is 0 Å². The summed E-state index contributed by atoms with van der Waals surface area (Å²) in [6.45, 7) is 0. The van der Waals surface area contributed by atoms with Gasteiger partial charge in [0.1, 0.15) is 0 Å². The molecule has 0 saturated carbocycles. The number of hydrogen-bond acceptors (Lipinski definition) is 2. The van der Waals surface area contributed by atoms with Crippen molar-refractivity contribution in [3.63, 3.8) is 0 Å². The van der Waals surface area contributed by atoms with Crippen LogP contribution in [0.5, 0.6) is 0 Å². The molecule has 3 heteroatoms. The van der Waals surface area contributed by atoms with E-state index in [1.54, 1.807) is 12.2 Å². The third-order valence-electron chi connectivity index (χ3n) is 1.06. The molecule has 2 nitrogen and oxygen atoms in total. The Balaban J connectivity index is 3.01. The number of aliphatic hydroxyl groups excluding tert-OH is 1. The van der Waals surface area contributed by atoms with Gasteiger partial charge in [-0.25, -0.2) is 0 Å². The summed E-state index contributed by atoms with van der Waals surface area (Å²) in [5, 5.41) is 9.86. The van der Waals surface area contributed by atoms with E-state index in [2.05, 4.69) is 0 Å². The van der Waals surface area contributed by atoms with Gasteiger partial charge in [-0.2, -0.15) is 0 Å². The second-order valence-electron chi connectivity index (χ2n) is 1.68. The first-order valence-corrected chi connectivity index (χ1v) is 6.05. The molecule has 1 rings (SSSR count). The topological polar surface area (TPSA) is 37.3 Å². The Morgan fingerprint density at radius 1 is 1.56 bits per heavy atom. The molecule has 0 bridgehead atoms. The quantitative estimate of drug-likeness (QED) is 0.458. The Hall–Kier alpha value is -0.637. The zero-order valence-corrected chi connectivity index (χ0v) is 6.84. The van der Waals surface area contributed by atoms with Crippen LogP contribution in [-0.2, 0) is 4.79 Å². The molecule has 0 aromatic heterocycles. The summed E-state index contributed by atoms with van der Waals surface area (Å²) in [4.78, 5) is 12.0. The van der Waals surface area contributed by atoms with E-state index in [0.29, 0.717) is 0 Å². The average Bonchev–Trinajstić information content (AvgIpc) is 1.89. The molecule has 0 fully saturated rings. The molecule has 9 heavy (non-hydrogen) atoms. The minimum atomic E-state index is -1.93. The maximum absolute atomic E-state index is 10.2. The number of hydrogen-bond donors (Lipinski definition) is 1. The van der Waals surface area contributed by atoms with Gasteiger partial charge in [0.05, 0.1) is 0 Å². The van der Waals surface area contributed by atoms with Crippen molar-refractivity contribution in [2.45, 2.75) is 0 Å². The molecule has 0 spiro atoms. The Morgan fingerprint density at radius 2 is 2.33 bits per heavy atom. The summed E-state index contributed by atoms with van der Waals surface area (Å²) in [7, 11) is 0. The predicted octanol–water partition coefficient (Wildman–Crippen LogP) is 0.00240. The van der Waals surface area contributed by atoms with Crippen molar-refractivity contribution in [2.75, 3.05) is 0 Å². The van der Waals surface area contributed by atoms with Gasteiger partial charge in [-0.05, 0) is 0 Å². The Bertz CT molecular complexity index is 213. The predicted molar refractivity (Wildman–Crippen MR) is 37.7 cm³/mol. The van der Waals surface area contributed by atoms with Crippen molar-refractivity contribution in [3.05, 3.63) is 23.1 Å². The van der Waals surface area contributed by atoms with E-state index >= 15 is 0 Å². The molecule has 0 aromatic carbocycles. The molecular formula is C6H6GeO2. The van der Waals surface area contributed by atoms with Crippen LogP contribution in [0.4, 0.5) is 0 Å². The molecule has 0 radical (unpaired) electrons. The number of carbonyl (C=O) groups is 1. The first kappa shape index (κ1) is 6.48. The Morgan fingerprint density at radius 3 is 2.78 bits per heavy atom. The molecule has 0 saturated heterocycles. The summed E-state index contributed by atoms with van der Waals surface area (Å²) >= 11 is -1.93. The zero-order valence-electron chi connectivity index (χ0n) is 4.74. The van der Waals surface area contributed by atoms with E-state index in [-0.39, 0.29) is 4.54 Å². The van der Waals surface area contributed by atoms with Crippen LogP contribution < -0.4 is 0 Å². The molecule has 0 unspecified atom stereocenters. The van der Waals surface area contributed by atoms with Crippen molar-refractivity contribution < 1.29 is 9.90 Å². The molecule has 1 aliphatic heterocycles. The van der Waals surface area contributed by atoms with Crippen LogP contribution in [0.25, 0.3) is 0 Å². The fraction of sp³-hybridized carbons (Fsp3) is 0. The van der Waals surface area contributed by atoms with Gasteiger partial charge in [0.2, 0.25) is 0 Å². The van der Waals surface area contributed by atoms with Crippen LogP contribution in [0.3, 0.4) is 0 Å². The van der Waals surface area contributed by atoms with Crippen molar-refractivity contribution >= 4 is 23.6 Å².